The summed E-state index contributed by atoms with van der Waals surface area (Å²) in [5, 5.41) is 7.11. The predicted octanol–water partition coefficient (Wildman–Crippen LogP) is 5.94. The van der Waals surface area contributed by atoms with Gasteiger partial charge in [0.2, 0.25) is 0 Å². The third kappa shape index (κ3) is 16.9. The first-order valence-electron chi connectivity index (χ1n) is 7.60. The fourth-order valence-corrected chi connectivity index (χ4v) is 2.32. The molecule has 0 heterocycles. The first kappa shape index (κ1) is 35.8. The van der Waals surface area contributed by atoms with Gasteiger partial charge >= 0.3 is 22.5 Å². The van der Waals surface area contributed by atoms with Crippen LogP contribution in [0.15, 0.2) is 24.3 Å². The van der Waals surface area contributed by atoms with Crippen molar-refractivity contribution in [2.45, 2.75) is 13.1 Å². The summed E-state index contributed by atoms with van der Waals surface area (Å²) in [5.41, 5.74) is -0.831. The predicted molar refractivity (Wildman–Crippen MR) is 115 cm³/mol. The summed E-state index contributed by atoms with van der Waals surface area (Å²) in [5.74, 6) is -2.72. The number of carbonyl (C=O) groups is 1. The Morgan fingerprint density at radius 2 is 1.34 bits per heavy atom. The number of aromatic carboxylic acids is 1. The zero-order valence-corrected chi connectivity index (χ0v) is 21.0. The Balaban J connectivity index is 0. The van der Waals surface area contributed by atoms with E-state index in [-0.39, 0.29) is 16.1 Å². The van der Waals surface area contributed by atoms with Crippen molar-refractivity contribution in [3.8, 4) is 0 Å². The number of rotatable bonds is 2. The highest BCUT2D eigenvalue weighted by atomic mass is 35.5. The van der Waals surface area contributed by atoms with Crippen LogP contribution in [-0.2, 0) is 31.7 Å². The lowest BCUT2D eigenvalue weighted by molar-refractivity contribution is -0.137. The third-order valence-corrected chi connectivity index (χ3v) is 4.06. The maximum atomic E-state index is 12.8. The van der Waals surface area contributed by atoms with E-state index in [2.05, 4.69) is 15.6 Å². The van der Waals surface area contributed by atoms with E-state index in [0.29, 0.717) is 12.1 Å². The smallest absolute Gasteiger partial charge is 0.416 e. The van der Waals surface area contributed by atoms with Gasteiger partial charge in [0, 0.05) is 0 Å². The Morgan fingerprint density at radius 3 is 1.60 bits per heavy atom. The Morgan fingerprint density at radius 1 is 1.00 bits per heavy atom. The molecule has 0 aliphatic rings. The first-order chi connectivity index (χ1) is 15.6. The van der Waals surface area contributed by atoms with Crippen molar-refractivity contribution in [2.75, 3.05) is 0 Å². The molecule has 200 valence electrons. The Kier molecular flexibility index (Phi) is 16.1. The SMILES string of the molecule is Cc1cc(C(=O)O)cc(Cl)c1F.Fc1c(Cl)cc(C(F)(F)F)cc1Cl.O=S(=O)(O)O.O=S([O-])OCl. The lowest BCUT2D eigenvalue weighted by atomic mass is 10.1. The molecule has 0 aromatic heterocycles. The summed E-state index contributed by atoms with van der Waals surface area (Å²) in [6, 6.07) is 3.31. The molecule has 0 radical (unpaired) electrons. The number of benzene rings is 2. The maximum absolute atomic E-state index is 12.8. The van der Waals surface area contributed by atoms with E-state index in [1.807, 2.05) is 0 Å². The molecule has 1 unspecified atom stereocenters. The molecule has 2 aromatic carbocycles. The molecule has 0 aliphatic heterocycles. The molecule has 0 saturated heterocycles. The summed E-state index contributed by atoms with van der Waals surface area (Å²) in [6.45, 7) is 1.47. The number of carboxylic acids is 1. The first-order valence-corrected chi connectivity index (χ1v) is 11.4. The fraction of sp³-hybridized carbons (Fsp3) is 0.133. The summed E-state index contributed by atoms with van der Waals surface area (Å²) < 4.78 is 114. The van der Waals surface area contributed by atoms with Crippen molar-refractivity contribution in [1.82, 2.24) is 0 Å². The van der Waals surface area contributed by atoms with Gasteiger partial charge < -0.3 is 9.66 Å². The van der Waals surface area contributed by atoms with E-state index in [0.717, 1.165) is 6.07 Å². The van der Waals surface area contributed by atoms with Gasteiger partial charge in [-0.15, -0.1) is 0 Å². The number of alkyl halides is 3. The van der Waals surface area contributed by atoms with Crippen molar-refractivity contribution < 1.29 is 61.9 Å². The highest BCUT2D eigenvalue weighted by Crippen LogP contribution is 2.34. The molecule has 35 heavy (non-hydrogen) atoms. The summed E-state index contributed by atoms with van der Waals surface area (Å²) in [7, 11) is -4.67. The largest absolute Gasteiger partial charge is 0.749 e. The molecule has 0 bridgehead atoms. The highest BCUT2D eigenvalue weighted by Gasteiger charge is 2.32. The molecule has 0 saturated carbocycles. The third-order valence-electron chi connectivity index (χ3n) is 2.82. The second kappa shape index (κ2) is 15.7. The van der Waals surface area contributed by atoms with Crippen LogP contribution < -0.4 is 0 Å². The molecule has 3 N–H and O–H groups in total. The zero-order chi connectivity index (χ0) is 28.3. The van der Waals surface area contributed by atoms with Crippen LogP contribution in [0.3, 0.4) is 0 Å². The van der Waals surface area contributed by atoms with E-state index in [4.69, 9.17) is 66.2 Å². The molecule has 2 aromatic rings. The minimum Gasteiger partial charge on any atom is -0.749 e. The monoisotopic (exact) mass is 633 g/mol. The zero-order valence-electron chi connectivity index (χ0n) is 16.3. The topological polar surface area (TPSA) is 161 Å². The molecule has 0 aliphatic carbocycles. The Labute approximate surface area is 216 Å². The van der Waals surface area contributed by atoms with Gasteiger partial charge in [-0.2, -0.15) is 25.3 Å². The molecule has 0 fully saturated rings. The van der Waals surface area contributed by atoms with E-state index in [9.17, 15) is 26.7 Å². The van der Waals surface area contributed by atoms with Gasteiger partial charge in [0.05, 0.1) is 38.1 Å². The van der Waals surface area contributed by atoms with Crippen LogP contribution in [0.25, 0.3) is 0 Å². The molecule has 1 atom stereocenters. The standard InChI is InChI=1S/C8H6ClFO2.C7H2Cl2F4.ClHO3S.H2O4S/c1-4-2-5(8(11)12)3-6(9)7(4)10;8-4-1-3(7(11,12)13)2-5(9)6(4)10;1-4-5(2)3;1-5(2,3)4/h2-3H,1H3,(H,11,12);1-2H;(H,2,3);(H2,1,2,3,4)/p-1. The van der Waals surface area contributed by atoms with E-state index in [1.165, 1.54) is 13.0 Å². The average molecular weight is 635 g/mol. The van der Waals surface area contributed by atoms with Crippen LogP contribution >= 0.6 is 46.7 Å². The maximum Gasteiger partial charge on any atom is 0.416 e. The van der Waals surface area contributed by atoms with Gasteiger partial charge in [0.25, 0.3) is 0 Å². The quantitative estimate of drug-likeness (QED) is 0.157. The van der Waals surface area contributed by atoms with Crippen molar-refractivity contribution in [2.24, 2.45) is 0 Å². The molecule has 20 heteroatoms. The number of carboxylic acid groups (broad SMARTS) is 1. The van der Waals surface area contributed by atoms with Crippen molar-refractivity contribution in [3.63, 3.8) is 0 Å². The number of halogens is 9. The van der Waals surface area contributed by atoms with Crippen LogP contribution in [0.1, 0.15) is 21.5 Å². The van der Waals surface area contributed by atoms with Gasteiger partial charge in [-0.05, 0) is 36.8 Å². The second-order valence-electron chi connectivity index (χ2n) is 5.36. The molecule has 0 amide bonds. The second-order valence-corrected chi connectivity index (χ2v) is 8.39. The van der Waals surface area contributed by atoms with Gasteiger partial charge in [0.15, 0.2) is 5.82 Å². The number of aryl methyl sites for hydroxylation is 1. The van der Waals surface area contributed by atoms with Crippen LogP contribution in [0.2, 0.25) is 15.1 Å². The van der Waals surface area contributed by atoms with Crippen molar-refractivity contribution in [3.05, 3.63) is 67.7 Å². The summed E-state index contributed by atoms with van der Waals surface area (Å²) in [4.78, 5) is 10.4. The Hall–Kier alpha value is -1.34. The normalized spacial score (nSPS) is 11.6. The Bertz CT molecular complexity index is 1090. The number of hydrogen-bond acceptors (Lipinski definition) is 6. The lowest BCUT2D eigenvalue weighted by Gasteiger charge is -2.07. The van der Waals surface area contributed by atoms with Crippen LogP contribution in [-0.4, -0.2) is 37.4 Å². The van der Waals surface area contributed by atoms with Crippen LogP contribution in [0.5, 0.6) is 0 Å². The van der Waals surface area contributed by atoms with Gasteiger partial charge in [-0.25, -0.2) is 17.8 Å². The van der Waals surface area contributed by atoms with Gasteiger partial charge in [-0.1, -0.05) is 34.8 Å². The van der Waals surface area contributed by atoms with Gasteiger partial charge in [-0.3, -0.25) is 9.11 Å². The summed E-state index contributed by atoms with van der Waals surface area (Å²) >= 11 is 17.4. The molecular weight excluding hydrogens is 625 g/mol. The minimum absolute atomic E-state index is 0.00102. The van der Waals surface area contributed by atoms with E-state index in [1.54, 1.807) is 0 Å². The van der Waals surface area contributed by atoms with Crippen LogP contribution in [0, 0.1) is 18.6 Å². The van der Waals surface area contributed by atoms with Crippen LogP contribution in [0.4, 0.5) is 22.0 Å². The molecule has 2 rings (SSSR count). The molecular formula is C15H10Cl4F5O9S2-. The van der Waals surface area contributed by atoms with E-state index >= 15 is 0 Å². The van der Waals surface area contributed by atoms with E-state index < -0.39 is 61.1 Å². The van der Waals surface area contributed by atoms with Crippen molar-refractivity contribution >= 4 is 74.4 Å². The minimum atomic E-state index is -4.67. The fourth-order valence-electron chi connectivity index (χ4n) is 1.57. The number of hydrogen-bond donors (Lipinski definition) is 3. The highest BCUT2D eigenvalue weighted by molar-refractivity contribution is 7.79. The van der Waals surface area contributed by atoms with Crippen molar-refractivity contribution in [1.29, 1.82) is 0 Å². The molecule has 0 spiro atoms. The van der Waals surface area contributed by atoms with Gasteiger partial charge in [0.1, 0.15) is 17.2 Å². The summed E-state index contributed by atoms with van der Waals surface area (Å²) in [6.07, 6.45) is -4.57. The average Bonchev–Trinajstić information content (AvgIpc) is 2.68. The lowest BCUT2D eigenvalue weighted by Crippen LogP contribution is -2.05. The molecule has 9 nitrogen and oxygen atoms in total.